The molecule has 1 aliphatic heterocycles. The highest BCUT2D eigenvalue weighted by Gasteiger charge is 2.46. The first-order valence-corrected chi connectivity index (χ1v) is 7.03. The summed E-state index contributed by atoms with van der Waals surface area (Å²) in [5.74, 6) is 0.766. The number of piperidine rings is 1. The van der Waals surface area contributed by atoms with Gasteiger partial charge in [-0.1, -0.05) is 13.8 Å². The molecule has 0 aromatic carbocycles. The van der Waals surface area contributed by atoms with Gasteiger partial charge in [0.25, 0.3) is 0 Å². The van der Waals surface area contributed by atoms with E-state index in [2.05, 4.69) is 18.7 Å². The molecule has 3 nitrogen and oxygen atoms in total. The highest BCUT2D eigenvalue weighted by Crippen LogP contribution is 2.38. The predicted octanol–water partition coefficient (Wildman–Crippen LogP) is 2.75. The highest BCUT2D eigenvalue weighted by atomic mass is 16.4. The van der Waals surface area contributed by atoms with Crippen LogP contribution in [0.25, 0.3) is 0 Å². The zero-order valence-electron chi connectivity index (χ0n) is 11.1. The second-order valence-electron chi connectivity index (χ2n) is 6.21. The minimum absolute atomic E-state index is 0.540. The third-order valence-electron chi connectivity index (χ3n) is 4.76. The number of carboxylic acids is 1. The largest absolute Gasteiger partial charge is 0.480 e. The van der Waals surface area contributed by atoms with Gasteiger partial charge in [-0.05, 0) is 56.9 Å². The van der Waals surface area contributed by atoms with Gasteiger partial charge in [0.2, 0.25) is 0 Å². The topological polar surface area (TPSA) is 40.5 Å². The normalized spacial score (nSPS) is 40.1. The molecular weight excluding hydrogens is 214 g/mol. The van der Waals surface area contributed by atoms with E-state index in [0.29, 0.717) is 11.8 Å². The molecule has 0 aromatic rings. The van der Waals surface area contributed by atoms with E-state index in [1.54, 1.807) is 0 Å². The Kier molecular flexibility index (Phi) is 3.76. The molecule has 17 heavy (non-hydrogen) atoms. The third-order valence-corrected chi connectivity index (χ3v) is 4.76. The van der Waals surface area contributed by atoms with E-state index in [1.807, 2.05) is 0 Å². The quantitative estimate of drug-likeness (QED) is 0.805. The minimum Gasteiger partial charge on any atom is -0.480 e. The van der Waals surface area contributed by atoms with Crippen LogP contribution in [0.15, 0.2) is 0 Å². The number of rotatable bonds is 2. The van der Waals surface area contributed by atoms with Gasteiger partial charge in [-0.25, -0.2) is 0 Å². The van der Waals surface area contributed by atoms with Gasteiger partial charge in [0.05, 0.1) is 0 Å². The van der Waals surface area contributed by atoms with E-state index in [1.165, 1.54) is 6.42 Å². The molecule has 1 saturated heterocycles. The molecule has 1 N–H and O–H groups in total. The van der Waals surface area contributed by atoms with Crippen LogP contribution in [0.1, 0.15) is 52.4 Å². The summed E-state index contributed by atoms with van der Waals surface area (Å²) in [5, 5.41) is 9.67. The van der Waals surface area contributed by atoms with Crippen LogP contribution >= 0.6 is 0 Å². The van der Waals surface area contributed by atoms with Crippen LogP contribution in [0, 0.1) is 11.8 Å². The van der Waals surface area contributed by atoms with Crippen molar-refractivity contribution in [1.29, 1.82) is 0 Å². The second-order valence-corrected chi connectivity index (χ2v) is 6.21. The molecule has 0 amide bonds. The summed E-state index contributed by atoms with van der Waals surface area (Å²) in [4.78, 5) is 14.0. The highest BCUT2D eigenvalue weighted by molar-refractivity contribution is 5.79. The monoisotopic (exact) mass is 239 g/mol. The molecular formula is C14H25NO2. The lowest BCUT2D eigenvalue weighted by molar-refractivity contribution is -0.156. The van der Waals surface area contributed by atoms with Gasteiger partial charge in [-0.2, -0.15) is 0 Å². The number of nitrogens with zero attached hydrogens (tertiary/aromatic N) is 1. The first kappa shape index (κ1) is 12.9. The number of aliphatic carboxylic acids is 1. The third kappa shape index (κ3) is 2.49. The lowest BCUT2D eigenvalue weighted by Crippen LogP contribution is -2.58. The van der Waals surface area contributed by atoms with E-state index >= 15 is 0 Å². The van der Waals surface area contributed by atoms with E-state index in [4.69, 9.17) is 0 Å². The Morgan fingerprint density at radius 3 is 2.35 bits per heavy atom. The summed E-state index contributed by atoms with van der Waals surface area (Å²) in [6, 6.07) is 0. The van der Waals surface area contributed by atoms with Crippen LogP contribution < -0.4 is 0 Å². The molecule has 1 saturated carbocycles. The smallest absolute Gasteiger partial charge is 0.324 e. The molecule has 1 heterocycles. The maximum atomic E-state index is 11.7. The molecule has 0 radical (unpaired) electrons. The fourth-order valence-corrected chi connectivity index (χ4v) is 3.48. The molecule has 98 valence electrons. The van der Waals surface area contributed by atoms with Crippen molar-refractivity contribution in [3.05, 3.63) is 0 Å². The van der Waals surface area contributed by atoms with Crippen molar-refractivity contribution in [1.82, 2.24) is 4.90 Å². The number of hydrogen-bond acceptors (Lipinski definition) is 2. The molecule has 2 fully saturated rings. The molecule has 2 aliphatic rings. The minimum atomic E-state index is -0.585. The van der Waals surface area contributed by atoms with E-state index in [-0.39, 0.29) is 0 Å². The van der Waals surface area contributed by atoms with Crippen LogP contribution in [-0.4, -0.2) is 34.6 Å². The summed E-state index contributed by atoms with van der Waals surface area (Å²) in [6.07, 6.45) is 6.23. The van der Waals surface area contributed by atoms with Gasteiger partial charge >= 0.3 is 5.97 Å². The Labute approximate surface area is 104 Å². The van der Waals surface area contributed by atoms with Gasteiger partial charge in [0.1, 0.15) is 5.54 Å². The average molecular weight is 239 g/mol. The molecule has 2 rings (SSSR count). The fourth-order valence-electron chi connectivity index (χ4n) is 3.48. The van der Waals surface area contributed by atoms with Crippen LogP contribution in [0.3, 0.4) is 0 Å². The van der Waals surface area contributed by atoms with Gasteiger partial charge < -0.3 is 5.11 Å². The Bertz CT molecular complexity index is 282. The maximum Gasteiger partial charge on any atom is 0.324 e. The molecule has 1 aliphatic carbocycles. The molecule has 1 atom stereocenters. The van der Waals surface area contributed by atoms with E-state index < -0.39 is 11.5 Å². The van der Waals surface area contributed by atoms with Crippen molar-refractivity contribution in [3.8, 4) is 0 Å². The van der Waals surface area contributed by atoms with E-state index in [9.17, 15) is 9.90 Å². The fraction of sp³-hybridized carbons (Fsp3) is 0.929. The summed E-state index contributed by atoms with van der Waals surface area (Å²) in [5.41, 5.74) is -0.540. The van der Waals surface area contributed by atoms with Crippen LogP contribution in [0.2, 0.25) is 0 Å². The first-order chi connectivity index (χ1) is 8.04. The van der Waals surface area contributed by atoms with Crippen LogP contribution in [0.5, 0.6) is 0 Å². The lowest BCUT2D eigenvalue weighted by atomic mass is 9.75. The Morgan fingerprint density at radius 2 is 1.82 bits per heavy atom. The Hall–Kier alpha value is -0.570. The second kappa shape index (κ2) is 4.97. The standard InChI is InChI=1S/C14H25NO2/c1-11-5-7-14(8-6-11,13(16)17)15-9-3-4-12(2)10-15/h11-12H,3-10H2,1-2H3,(H,16,17). The van der Waals surface area contributed by atoms with Gasteiger partial charge in [-0.15, -0.1) is 0 Å². The maximum absolute atomic E-state index is 11.7. The summed E-state index contributed by atoms with van der Waals surface area (Å²) in [7, 11) is 0. The van der Waals surface area contributed by atoms with Crippen molar-refractivity contribution >= 4 is 5.97 Å². The van der Waals surface area contributed by atoms with E-state index in [0.717, 1.165) is 45.2 Å². The summed E-state index contributed by atoms with van der Waals surface area (Å²) >= 11 is 0. The summed E-state index contributed by atoms with van der Waals surface area (Å²) < 4.78 is 0. The average Bonchev–Trinajstić information content (AvgIpc) is 2.30. The van der Waals surface area contributed by atoms with Gasteiger partial charge in [-0.3, -0.25) is 9.69 Å². The molecule has 3 heteroatoms. The molecule has 1 unspecified atom stereocenters. The van der Waals surface area contributed by atoms with Crippen LogP contribution in [-0.2, 0) is 4.79 Å². The number of hydrogen-bond donors (Lipinski definition) is 1. The zero-order valence-corrected chi connectivity index (χ0v) is 11.1. The SMILES string of the molecule is CC1CCC(C(=O)O)(N2CCCC(C)C2)CC1. The lowest BCUT2D eigenvalue weighted by Gasteiger charge is -2.47. The van der Waals surface area contributed by atoms with Crippen molar-refractivity contribution in [3.63, 3.8) is 0 Å². The van der Waals surface area contributed by atoms with Gasteiger partial charge in [0.15, 0.2) is 0 Å². The number of carbonyl (C=O) groups is 1. The molecule has 0 spiro atoms. The zero-order chi connectivity index (χ0) is 12.5. The first-order valence-electron chi connectivity index (χ1n) is 7.03. The number of likely N-dealkylation sites (tertiary alicyclic amines) is 1. The van der Waals surface area contributed by atoms with Crippen molar-refractivity contribution < 1.29 is 9.90 Å². The van der Waals surface area contributed by atoms with Crippen molar-refractivity contribution in [2.24, 2.45) is 11.8 Å². The van der Waals surface area contributed by atoms with Crippen molar-refractivity contribution in [2.45, 2.75) is 57.9 Å². The predicted molar refractivity (Wildman–Crippen MR) is 68.0 cm³/mol. The Morgan fingerprint density at radius 1 is 1.18 bits per heavy atom. The van der Waals surface area contributed by atoms with Crippen molar-refractivity contribution in [2.75, 3.05) is 13.1 Å². The molecule has 0 bridgehead atoms. The Balaban J connectivity index is 2.13. The molecule has 0 aromatic heterocycles. The van der Waals surface area contributed by atoms with Crippen LogP contribution in [0.4, 0.5) is 0 Å². The summed E-state index contributed by atoms with van der Waals surface area (Å²) in [6.45, 7) is 6.43. The number of carboxylic acid groups (broad SMARTS) is 1. The van der Waals surface area contributed by atoms with Gasteiger partial charge in [0, 0.05) is 6.54 Å².